The van der Waals surface area contributed by atoms with Crippen LogP contribution in [0.5, 0.6) is 5.75 Å². The molecule has 3 nitrogen and oxygen atoms in total. The number of carboxylic acid groups (broad SMARTS) is 1. The van der Waals surface area contributed by atoms with Crippen LogP contribution < -0.4 is 0 Å². The van der Waals surface area contributed by atoms with Gasteiger partial charge in [0.2, 0.25) is 0 Å². The smallest absolute Gasteiger partial charge is 0.314 e. The van der Waals surface area contributed by atoms with Crippen LogP contribution in [-0.2, 0) is 16.9 Å². The van der Waals surface area contributed by atoms with Crippen molar-refractivity contribution in [3.63, 3.8) is 0 Å². The number of phenols is 1. The third-order valence-electron chi connectivity index (χ3n) is 3.60. The highest BCUT2D eigenvalue weighted by Gasteiger charge is 2.44. The molecule has 1 aliphatic rings. The molecule has 2 rings (SSSR count). The number of rotatable bonds is 3. The molecule has 0 saturated heterocycles. The van der Waals surface area contributed by atoms with Crippen molar-refractivity contribution in [2.75, 3.05) is 0 Å². The topological polar surface area (TPSA) is 57.5 Å². The minimum Gasteiger partial charge on any atom is -0.508 e. The van der Waals surface area contributed by atoms with Gasteiger partial charge in [-0.15, -0.1) is 0 Å². The Morgan fingerprint density at radius 2 is 2.00 bits per heavy atom. The highest BCUT2D eigenvalue weighted by Crippen LogP contribution is 2.45. The highest BCUT2D eigenvalue weighted by atomic mass is 19.1. The first kappa shape index (κ1) is 11.9. The van der Waals surface area contributed by atoms with Gasteiger partial charge in [0, 0.05) is 5.56 Å². The predicted molar refractivity (Wildman–Crippen MR) is 60.7 cm³/mol. The molecule has 0 spiro atoms. The van der Waals surface area contributed by atoms with Gasteiger partial charge in [0.25, 0.3) is 0 Å². The van der Waals surface area contributed by atoms with Gasteiger partial charge in [-0.25, -0.2) is 4.39 Å². The molecule has 0 radical (unpaired) electrons. The molecule has 2 N–H and O–H groups in total. The van der Waals surface area contributed by atoms with Crippen molar-refractivity contribution in [2.24, 2.45) is 0 Å². The predicted octanol–water partition coefficient (Wildman–Crippen LogP) is 2.76. The van der Waals surface area contributed by atoms with Gasteiger partial charge in [0.05, 0.1) is 5.41 Å². The Hall–Kier alpha value is -1.58. The number of halogens is 1. The first-order valence-corrected chi connectivity index (χ1v) is 5.72. The highest BCUT2D eigenvalue weighted by molar-refractivity contribution is 5.83. The maximum Gasteiger partial charge on any atom is 0.314 e. The molecule has 0 atom stereocenters. The average Bonchev–Trinajstić information content (AvgIpc) is 2.80. The Bertz CT molecular complexity index is 436. The molecule has 0 bridgehead atoms. The number of aromatic hydroxyl groups is 1. The molecule has 1 saturated carbocycles. The van der Waals surface area contributed by atoms with Crippen molar-refractivity contribution < 1.29 is 19.4 Å². The molecule has 1 fully saturated rings. The molecule has 17 heavy (non-hydrogen) atoms. The molecule has 1 aromatic carbocycles. The van der Waals surface area contributed by atoms with Gasteiger partial charge >= 0.3 is 5.97 Å². The summed E-state index contributed by atoms with van der Waals surface area (Å²) in [6.07, 6.45) is 2.66. The number of benzene rings is 1. The van der Waals surface area contributed by atoms with Gasteiger partial charge in [-0.2, -0.15) is 0 Å². The number of carboxylic acids is 1. The molecule has 0 aliphatic heterocycles. The summed E-state index contributed by atoms with van der Waals surface area (Å²) in [6.45, 7) is -0.650. The summed E-state index contributed by atoms with van der Waals surface area (Å²) in [5, 5.41) is 19.2. The molecule has 0 aromatic heterocycles. The second-order valence-corrected chi connectivity index (χ2v) is 4.58. The number of phenolic OH excluding ortho intramolecular Hbond substituents is 1. The Kier molecular flexibility index (Phi) is 3.05. The van der Waals surface area contributed by atoms with Crippen LogP contribution in [0, 0.1) is 0 Å². The lowest BCUT2D eigenvalue weighted by molar-refractivity contribution is -0.143. The maximum absolute atomic E-state index is 12.6. The molecule has 0 amide bonds. The summed E-state index contributed by atoms with van der Waals surface area (Å²) in [7, 11) is 0. The number of hydrogen-bond acceptors (Lipinski definition) is 2. The fourth-order valence-corrected chi connectivity index (χ4v) is 2.63. The van der Waals surface area contributed by atoms with E-state index in [2.05, 4.69) is 0 Å². The van der Waals surface area contributed by atoms with Crippen LogP contribution in [0.4, 0.5) is 4.39 Å². The number of aliphatic carboxylic acids is 1. The fourth-order valence-electron chi connectivity index (χ4n) is 2.63. The Labute approximate surface area is 98.9 Å². The second-order valence-electron chi connectivity index (χ2n) is 4.58. The van der Waals surface area contributed by atoms with E-state index in [0.717, 1.165) is 12.8 Å². The molecular formula is C13H15FO3. The Morgan fingerprint density at radius 3 is 2.53 bits per heavy atom. The Balaban J connectivity index is 2.53. The quantitative estimate of drug-likeness (QED) is 0.851. The zero-order chi connectivity index (χ0) is 12.5. The third kappa shape index (κ3) is 1.88. The van der Waals surface area contributed by atoms with E-state index >= 15 is 0 Å². The van der Waals surface area contributed by atoms with E-state index < -0.39 is 18.1 Å². The van der Waals surface area contributed by atoms with Crippen molar-refractivity contribution in [3.8, 4) is 5.75 Å². The van der Waals surface area contributed by atoms with E-state index in [0.29, 0.717) is 24.0 Å². The monoisotopic (exact) mass is 238 g/mol. The molecule has 92 valence electrons. The zero-order valence-corrected chi connectivity index (χ0v) is 9.45. The molecule has 0 heterocycles. The van der Waals surface area contributed by atoms with Crippen molar-refractivity contribution in [2.45, 2.75) is 37.8 Å². The van der Waals surface area contributed by atoms with Crippen molar-refractivity contribution in [1.82, 2.24) is 0 Å². The first-order valence-electron chi connectivity index (χ1n) is 5.72. The summed E-state index contributed by atoms with van der Waals surface area (Å²) >= 11 is 0. The van der Waals surface area contributed by atoms with Gasteiger partial charge in [-0.3, -0.25) is 4.79 Å². The summed E-state index contributed by atoms with van der Waals surface area (Å²) in [6, 6.07) is 4.34. The van der Waals surface area contributed by atoms with Gasteiger partial charge in [0.1, 0.15) is 12.4 Å². The van der Waals surface area contributed by atoms with Crippen LogP contribution >= 0.6 is 0 Å². The van der Waals surface area contributed by atoms with E-state index in [9.17, 15) is 19.4 Å². The largest absolute Gasteiger partial charge is 0.508 e. The van der Waals surface area contributed by atoms with E-state index in [1.807, 2.05) is 0 Å². The molecule has 1 aliphatic carbocycles. The Morgan fingerprint density at radius 1 is 1.35 bits per heavy atom. The van der Waals surface area contributed by atoms with E-state index in [1.54, 1.807) is 0 Å². The molecular weight excluding hydrogens is 223 g/mol. The summed E-state index contributed by atoms with van der Waals surface area (Å²) < 4.78 is 12.6. The normalized spacial score (nSPS) is 18.2. The maximum atomic E-state index is 12.6. The van der Waals surface area contributed by atoms with Gasteiger partial charge in [0.15, 0.2) is 0 Å². The van der Waals surface area contributed by atoms with Crippen LogP contribution in [-0.4, -0.2) is 16.2 Å². The third-order valence-corrected chi connectivity index (χ3v) is 3.60. The summed E-state index contributed by atoms with van der Waals surface area (Å²) in [5.74, 6) is -0.979. The first-order chi connectivity index (χ1) is 8.10. The lowest BCUT2D eigenvalue weighted by atomic mass is 9.78. The number of carbonyl (C=O) groups is 1. The van der Waals surface area contributed by atoms with Gasteiger partial charge in [-0.05, 0) is 30.5 Å². The van der Waals surface area contributed by atoms with Crippen LogP contribution in [0.25, 0.3) is 0 Å². The van der Waals surface area contributed by atoms with Crippen LogP contribution in [0.1, 0.15) is 36.8 Å². The summed E-state index contributed by atoms with van der Waals surface area (Å²) in [5.41, 5.74) is -0.266. The van der Waals surface area contributed by atoms with E-state index in [1.165, 1.54) is 18.2 Å². The zero-order valence-electron chi connectivity index (χ0n) is 9.45. The van der Waals surface area contributed by atoms with Crippen LogP contribution in [0.15, 0.2) is 18.2 Å². The van der Waals surface area contributed by atoms with Crippen molar-refractivity contribution in [1.29, 1.82) is 0 Å². The SMILES string of the molecule is O=C(O)C1(c2cc(CF)ccc2O)CCCC1. The summed E-state index contributed by atoms with van der Waals surface area (Å²) in [4.78, 5) is 11.5. The molecule has 1 aromatic rings. The minimum atomic E-state index is -1.03. The lowest BCUT2D eigenvalue weighted by Crippen LogP contribution is -2.32. The van der Waals surface area contributed by atoms with Gasteiger partial charge in [-0.1, -0.05) is 18.9 Å². The average molecular weight is 238 g/mol. The standard InChI is InChI=1S/C13H15FO3/c14-8-9-3-4-11(15)10(7-9)13(12(16)17)5-1-2-6-13/h3-4,7,15H,1-2,5-6,8H2,(H,16,17). The van der Waals surface area contributed by atoms with E-state index in [-0.39, 0.29) is 5.75 Å². The number of alkyl halides is 1. The van der Waals surface area contributed by atoms with Crippen molar-refractivity contribution >= 4 is 5.97 Å². The van der Waals surface area contributed by atoms with E-state index in [4.69, 9.17) is 0 Å². The van der Waals surface area contributed by atoms with Crippen molar-refractivity contribution in [3.05, 3.63) is 29.3 Å². The van der Waals surface area contributed by atoms with Crippen LogP contribution in [0.3, 0.4) is 0 Å². The van der Waals surface area contributed by atoms with Gasteiger partial charge < -0.3 is 10.2 Å². The number of hydrogen-bond donors (Lipinski definition) is 2. The second kappa shape index (κ2) is 4.35. The fraction of sp³-hybridized carbons (Fsp3) is 0.462. The molecule has 0 unspecified atom stereocenters. The minimum absolute atomic E-state index is 0.0495. The lowest BCUT2D eigenvalue weighted by Gasteiger charge is -2.25. The molecule has 4 heteroatoms. The van der Waals surface area contributed by atoms with Crippen LogP contribution in [0.2, 0.25) is 0 Å².